The first-order valence-corrected chi connectivity index (χ1v) is 12.7. The molecule has 2 rings (SSSR count). The lowest BCUT2D eigenvalue weighted by Gasteiger charge is -2.31. The van der Waals surface area contributed by atoms with E-state index in [-0.39, 0.29) is 23.7 Å². The molecule has 2 aromatic rings. The van der Waals surface area contributed by atoms with Crippen LogP contribution in [0.1, 0.15) is 19.4 Å². The monoisotopic (exact) mass is 526 g/mol. The van der Waals surface area contributed by atoms with Gasteiger partial charge in [0.2, 0.25) is 21.8 Å². The van der Waals surface area contributed by atoms with Crippen LogP contribution in [-0.4, -0.2) is 62.6 Å². The van der Waals surface area contributed by atoms with Gasteiger partial charge in [0.25, 0.3) is 5.69 Å². The smallest absolute Gasteiger partial charge is 0.271 e. The fourth-order valence-corrected chi connectivity index (χ4v) is 4.24. The maximum Gasteiger partial charge on any atom is 0.271 e. The van der Waals surface area contributed by atoms with Crippen molar-refractivity contribution < 1.29 is 27.7 Å². The molecule has 0 aliphatic carbocycles. The second-order valence-corrected chi connectivity index (χ2v) is 9.94. The van der Waals surface area contributed by atoms with E-state index in [0.29, 0.717) is 17.1 Å². The molecule has 0 saturated carbocycles. The third kappa shape index (κ3) is 7.30. The molecule has 13 heteroatoms. The van der Waals surface area contributed by atoms with Gasteiger partial charge in [-0.1, -0.05) is 23.7 Å². The van der Waals surface area contributed by atoms with Gasteiger partial charge >= 0.3 is 0 Å². The summed E-state index contributed by atoms with van der Waals surface area (Å²) in [5.74, 6) is -1.10. The Kier molecular flexibility index (Phi) is 9.43. The van der Waals surface area contributed by atoms with E-state index in [2.05, 4.69) is 5.32 Å². The van der Waals surface area contributed by atoms with Crippen molar-refractivity contribution in [2.24, 2.45) is 0 Å². The molecule has 190 valence electrons. The van der Waals surface area contributed by atoms with Crippen LogP contribution < -0.4 is 14.4 Å². The van der Waals surface area contributed by atoms with E-state index < -0.39 is 39.3 Å². The molecule has 0 bridgehead atoms. The van der Waals surface area contributed by atoms with Crippen LogP contribution in [0.3, 0.4) is 0 Å². The SMILES string of the molecule is CCNC(=O)[C@H](C)N(Cc1ccc(Cl)cc1)C(=O)CN(c1cc([N+](=O)[O-])ccc1OC)S(C)(=O)=O. The molecule has 0 spiro atoms. The molecule has 0 aliphatic rings. The van der Waals surface area contributed by atoms with Crippen LogP contribution in [0.25, 0.3) is 0 Å². The molecule has 35 heavy (non-hydrogen) atoms. The quantitative estimate of drug-likeness (QED) is 0.350. The van der Waals surface area contributed by atoms with E-state index in [1.165, 1.54) is 25.0 Å². The van der Waals surface area contributed by atoms with Crippen LogP contribution in [0.15, 0.2) is 42.5 Å². The number of nitrogens with zero attached hydrogens (tertiary/aromatic N) is 3. The van der Waals surface area contributed by atoms with Gasteiger partial charge in [-0.25, -0.2) is 8.42 Å². The van der Waals surface area contributed by atoms with Crippen molar-refractivity contribution in [3.63, 3.8) is 0 Å². The molecule has 0 heterocycles. The number of anilines is 1. The normalized spacial score (nSPS) is 11.9. The van der Waals surface area contributed by atoms with Gasteiger partial charge in [0, 0.05) is 30.2 Å². The minimum atomic E-state index is -4.09. The summed E-state index contributed by atoms with van der Waals surface area (Å²) in [5, 5.41) is 14.4. The molecular formula is C22H27ClN4O7S. The Hall–Kier alpha value is -3.38. The summed E-state index contributed by atoms with van der Waals surface area (Å²) in [6.45, 7) is 2.88. The van der Waals surface area contributed by atoms with E-state index in [1.54, 1.807) is 31.2 Å². The van der Waals surface area contributed by atoms with Gasteiger partial charge in [-0.05, 0) is 37.6 Å². The molecule has 0 radical (unpaired) electrons. The summed E-state index contributed by atoms with van der Waals surface area (Å²) in [5.41, 5.74) is 0.114. The number of rotatable bonds is 11. The number of likely N-dealkylation sites (N-methyl/N-ethyl adjacent to an activating group) is 1. The zero-order valence-electron chi connectivity index (χ0n) is 19.7. The Balaban J connectivity index is 2.50. The van der Waals surface area contributed by atoms with Crippen molar-refractivity contribution in [3.05, 3.63) is 63.2 Å². The maximum atomic E-state index is 13.5. The molecule has 0 fully saturated rings. The van der Waals surface area contributed by atoms with E-state index in [1.807, 2.05) is 0 Å². The minimum absolute atomic E-state index is 0.00201. The van der Waals surface area contributed by atoms with Gasteiger partial charge in [0.1, 0.15) is 24.0 Å². The van der Waals surface area contributed by atoms with Gasteiger partial charge < -0.3 is 15.0 Å². The number of nitro benzene ring substituents is 1. The Bertz CT molecular complexity index is 1190. The zero-order valence-corrected chi connectivity index (χ0v) is 21.3. The van der Waals surface area contributed by atoms with E-state index >= 15 is 0 Å². The summed E-state index contributed by atoms with van der Waals surface area (Å²) in [6, 6.07) is 9.12. The number of hydrogen-bond donors (Lipinski definition) is 1. The topological polar surface area (TPSA) is 139 Å². The summed E-state index contributed by atoms with van der Waals surface area (Å²) in [6.07, 6.45) is 0.870. The highest BCUT2D eigenvalue weighted by Crippen LogP contribution is 2.33. The number of non-ortho nitro benzene ring substituents is 1. The van der Waals surface area contributed by atoms with E-state index in [0.717, 1.165) is 22.7 Å². The van der Waals surface area contributed by atoms with Crippen molar-refractivity contribution in [1.29, 1.82) is 0 Å². The Labute approximate surface area is 208 Å². The first-order valence-electron chi connectivity index (χ1n) is 10.5. The second kappa shape index (κ2) is 11.8. The molecule has 2 aromatic carbocycles. The fourth-order valence-electron chi connectivity index (χ4n) is 3.27. The first kappa shape index (κ1) is 27.9. The largest absolute Gasteiger partial charge is 0.495 e. The number of amides is 2. The lowest BCUT2D eigenvalue weighted by Crippen LogP contribution is -2.51. The lowest BCUT2D eigenvalue weighted by molar-refractivity contribution is -0.384. The number of carbonyl (C=O) groups is 2. The Morgan fingerprint density at radius 1 is 1.20 bits per heavy atom. The van der Waals surface area contributed by atoms with Crippen LogP contribution in [-0.2, 0) is 26.2 Å². The number of ether oxygens (including phenoxy) is 1. The molecule has 11 nitrogen and oxygen atoms in total. The van der Waals surface area contributed by atoms with Crippen LogP contribution in [0.2, 0.25) is 5.02 Å². The van der Waals surface area contributed by atoms with Crippen molar-refractivity contribution in [2.75, 3.05) is 30.8 Å². The van der Waals surface area contributed by atoms with Gasteiger partial charge in [-0.3, -0.25) is 24.0 Å². The third-order valence-electron chi connectivity index (χ3n) is 5.11. The van der Waals surface area contributed by atoms with Crippen molar-refractivity contribution >= 4 is 44.8 Å². The Morgan fingerprint density at radius 2 is 1.83 bits per heavy atom. The number of carbonyl (C=O) groups excluding carboxylic acids is 2. The van der Waals surface area contributed by atoms with E-state index in [4.69, 9.17) is 16.3 Å². The summed E-state index contributed by atoms with van der Waals surface area (Å²) < 4.78 is 31.3. The number of hydrogen-bond acceptors (Lipinski definition) is 7. The molecule has 0 unspecified atom stereocenters. The number of nitrogens with one attached hydrogen (secondary N) is 1. The maximum absolute atomic E-state index is 13.5. The number of sulfonamides is 1. The molecule has 1 N–H and O–H groups in total. The second-order valence-electron chi connectivity index (χ2n) is 7.60. The van der Waals surface area contributed by atoms with E-state index in [9.17, 15) is 28.1 Å². The van der Waals surface area contributed by atoms with Crippen molar-refractivity contribution in [2.45, 2.75) is 26.4 Å². The highest BCUT2D eigenvalue weighted by atomic mass is 35.5. The summed E-state index contributed by atoms with van der Waals surface area (Å²) >= 11 is 5.94. The summed E-state index contributed by atoms with van der Waals surface area (Å²) in [4.78, 5) is 37.8. The third-order valence-corrected chi connectivity index (χ3v) is 6.48. The zero-order chi connectivity index (χ0) is 26.3. The molecule has 0 saturated heterocycles. The highest BCUT2D eigenvalue weighted by molar-refractivity contribution is 7.92. The van der Waals surface area contributed by atoms with Crippen molar-refractivity contribution in [3.8, 4) is 5.75 Å². The molecule has 2 amide bonds. The van der Waals surface area contributed by atoms with Gasteiger partial charge in [-0.15, -0.1) is 0 Å². The molecule has 0 aromatic heterocycles. The van der Waals surface area contributed by atoms with Gasteiger partial charge in [-0.2, -0.15) is 0 Å². The molecular weight excluding hydrogens is 500 g/mol. The van der Waals surface area contributed by atoms with Crippen LogP contribution >= 0.6 is 11.6 Å². The highest BCUT2D eigenvalue weighted by Gasteiger charge is 2.31. The van der Waals surface area contributed by atoms with Crippen LogP contribution in [0.4, 0.5) is 11.4 Å². The summed E-state index contributed by atoms with van der Waals surface area (Å²) in [7, 11) is -2.82. The fraction of sp³-hybridized carbons (Fsp3) is 0.364. The predicted octanol–water partition coefficient (Wildman–Crippen LogP) is 2.58. The predicted molar refractivity (Wildman–Crippen MR) is 132 cm³/mol. The van der Waals surface area contributed by atoms with Crippen molar-refractivity contribution in [1.82, 2.24) is 10.2 Å². The van der Waals surface area contributed by atoms with Crippen LogP contribution in [0.5, 0.6) is 5.75 Å². The lowest BCUT2D eigenvalue weighted by atomic mass is 10.1. The average Bonchev–Trinajstić information content (AvgIpc) is 2.80. The number of nitro groups is 1. The van der Waals surface area contributed by atoms with Gasteiger partial charge in [0.15, 0.2) is 0 Å². The molecule has 0 aliphatic heterocycles. The number of halogens is 1. The number of benzene rings is 2. The molecule has 1 atom stereocenters. The average molecular weight is 527 g/mol. The Morgan fingerprint density at radius 3 is 2.34 bits per heavy atom. The minimum Gasteiger partial charge on any atom is -0.495 e. The standard InChI is InChI=1S/C22H27ClN4O7S/c1-5-24-22(29)15(2)25(13-16-6-8-17(23)9-7-16)21(28)14-26(35(4,32)33)19-12-18(27(30)31)10-11-20(19)34-3/h6-12,15H,5,13-14H2,1-4H3,(H,24,29)/t15-/m0/s1. The van der Waals surface area contributed by atoms with Gasteiger partial charge in [0.05, 0.1) is 18.3 Å². The first-order chi connectivity index (χ1) is 16.4. The van der Waals surface area contributed by atoms with Crippen LogP contribution in [0, 0.1) is 10.1 Å². The number of methoxy groups -OCH3 is 1.